The summed E-state index contributed by atoms with van der Waals surface area (Å²) in [5.74, 6) is 1.61. The summed E-state index contributed by atoms with van der Waals surface area (Å²) in [5, 5.41) is 5.97. The molecule has 4 heterocycles. The van der Waals surface area contributed by atoms with Gasteiger partial charge in [0.1, 0.15) is 5.82 Å². The average molecular weight is 457 g/mol. The number of thiophene rings is 1. The number of aromatic nitrogens is 3. The van der Waals surface area contributed by atoms with Crippen LogP contribution in [0.3, 0.4) is 0 Å². The van der Waals surface area contributed by atoms with Crippen LogP contribution in [-0.2, 0) is 4.79 Å². The SMILES string of the molecule is Cc1cc(N2CCN(c3ncccn3)CC2)nc2ccc(NC(=O)/C=C\c3cccs3)cc12. The second-order valence-electron chi connectivity index (χ2n) is 7.89. The predicted molar refractivity (Wildman–Crippen MR) is 135 cm³/mol. The quantitative estimate of drug-likeness (QED) is 0.450. The number of fused-ring (bicyclic) bond motifs is 1. The van der Waals surface area contributed by atoms with Gasteiger partial charge in [0.15, 0.2) is 0 Å². The lowest BCUT2D eigenvalue weighted by Gasteiger charge is -2.35. The third-order valence-corrected chi connectivity index (χ3v) is 6.49. The van der Waals surface area contributed by atoms with Crippen molar-refractivity contribution in [2.75, 3.05) is 41.3 Å². The van der Waals surface area contributed by atoms with Gasteiger partial charge in [-0.2, -0.15) is 0 Å². The first-order chi connectivity index (χ1) is 16.2. The van der Waals surface area contributed by atoms with Gasteiger partial charge in [-0.05, 0) is 60.3 Å². The van der Waals surface area contributed by atoms with Crippen LogP contribution in [0.4, 0.5) is 17.5 Å². The van der Waals surface area contributed by atoms with Gasteiger partial charge in [-0.3, -0.25) is 4.79 Å². The van der Waals surface area contributed by atoms with Gasteiger partial charge in [-0.1, -0.05) is 6.07 Å². The van der Waals surface area contributed by atoms with Crippen LogP contribution in [0, 0.1) is 6.92 Å². The van der Waals surface area contributed by atoms with Crippen LogP contribution in [0.25, 0.3) is 17.0 Å². The number of hydrogen-bond donors (Lipinski definition) is 1. The first-order valence-corrected chi connectivity index (χ1v) is 11.7. The average Bonchev–Trinajstić information content (AvgIpc) is 3.38. The van der Waals surface area contributed by atoms with Gasteiger partial charge in [0, 0.05) is 60.6 Å². The molecule has 0 atom stereocenters. The molecule has 1 N–H and O–H groups in total. The number of benzene rings is 1. The zero-order chi connectivity index (χ0) is 22.6. The van der Waals surface area contributed by atoms with Crippen molar-refractivity contribution < 1.29 is 4.79 Å². The van der Waals surface area contributed by atoms with E-state index in [0.717, 1.165) is 65.0 Å². The Labute approximate surface area is 196 Å². The number of aryl methyl sites for hydroxylation is 1. The van der Waals surface area contributed by atoms with E-state index in [4.69, 9.17) is 4.98 Å². The molecule has 8 heteroatoms. The summed E-state index contributed by atoms with van der Waals surface area (Å²) in [4.78, 5) is 31.5. The first kappa shape index (κ1) is 21.1. The summed E-state index contributed by atoms with van der Waals surface area (Å²) in [5.41, 5.74) is 2.82. The van der Waals surface area contributed by atoms with Crippen LogP contribution >= 0.6 is 11.3 Å². The number of carbonyl (C=O) groups excluding carboxylic acids is 1. The normalized spacial score (nSPS) is 14.2. The summed E-state index contributed by atoms with van der Waals surface area (Å²) in [6.45, 7) is 5.52. The van der Waals surface area contributed by atoms with E-state index < -0.39 is 0 Å². The molecule has 0 aliphatic carbocycles. The molecule has 3 aromatic heterocycles. The van der Waals surface area contributed by atoms with Gasteiger partial charge < -0.3 is 15.1 Å². The number of nitrogens with zero attached hydrogens (tertiary/aromatic N) is 5. The molecule has 1 aromatic carbocycles. The van der Waals surface area contributed by atoms with E-state index in [1.54, 1.807) is 29.8 Å². The molecule has 1 amide bonds. The third kappa shape index (κ3) is 4.85. The summed E-state index contributed by atoms with van der Waals surface area (Å²) < 4.78 is 0. The molecule has 4 aromatic rings. The zero-order valence-corrected chi connectivity index (χ0v) is 19.1. The lowest BCUT2D eigenvalue weighted by Crippen LogP contribution is -2.47. The Morgan fingerprint density at radius 2 is 1.82 bits per heavy atom. The summed E-state index contributed by atoms with van der Waals surface area (Å²) >= 11 is 1.60. The molecule has 33 heavy (non-hydrogen) atoms. The minimum atomic E-state index is -0.148. The van der Waals surface area contributed by atoms with E-state index >= 15 is 0 Å². The van der Waals surface area contributed by atoms with Crippen molar-refractivity contribution in [2.45, 2.75) is 6.92 Å². The Balaban J connectivity index is 1.28. The van der Waals surface area contributed by atoms with Crippen molar-refractivity contribution in [3.8, 4) is 0 Å². The van der Waals surface area contributed by atoms with Gasteiger partial charge in [-0.25, -0.2) is 15.0 Å². The highest BCUT2D eigenvalue weighted by atomic mass is 32.1. The van der Waals surface area contributed by atoms with Crippen molar-refractivity contribution in [3.63, 3.8) is 0 Å². The fourth-order valence-corrected chi connectivity index (χ4v) is 4.55. The van der Waals surface area contributed by atoms with Crippen LogP contribution in [0.5, 0.6) is 0 Å². The lowest BCUT2D eigenvalue weighted by atomic mass is 10.1. The Morgan fingerprint density at radius 1 is 1.03 bits per heavy atom. The number of piperazine rings is 1. The highest BCUT2D eigenvalue weighted by Gasteiger charge is 2.20. The fraction of sp³-hybridized carbons (Fsp3) is 0.200. The number of carbonyl (C=O) groups is 1. The zero-order valence-electron chi connectivity index (χ0n) is 18.3. The second kappa shape index (κ2) is 9.38. The number of rotatable bonds is 5. The van der Waals surface area contributed by atoms with Crippen molar-refractivity contribution in [1.29, 1.82) is 0 Å². The monoisotopic (exact) mass is 456 g/mol. The second-order valence-corrected chi connectivity index (χ2v) is 8.87. The van der Waals surface area contributed by atoms with E-state index in [1.165, 1.54) is 0 Å². The molecule has 1 aliphatic rings. The van der Waals surface area contributed by atoms with E-state index in [0.29, 0.717) is 0 Å². The number of amides is 1. The molecule has 166 valence electrons. The molecule has 1 aliphatic heterocycles. The Hall–Kier alpha value is -3.78. The maximum absolute atomic E-state index is 12.3. The van der Waals surface area contributed by atoms with Gasteiger partial charge in [0.2, 0.25) is 11.9 Å². The van der Waals surface area contributed by atoms with Gasteiger partial charge in [0.25, 0.3) is 0 Å². The van der Waals surface area contributed by atoms with Crippen molar-refractivity contribution in [3.05, 3.63) is 76.8 Å². The Kier molecular flexibility index (Phi) is 5.99. The van der Waals surface area contributed by atoms with Crippen LogP contribution in [-0.4, -0.2) is 47.0 Å². The molecular formula is C25H24N6OS. The van der Waals surface area contributed by atoms with Gasteiger partial charge >= 0.3 is 0 Å². The number of anilines is 3. The number of nitrogens with one attached hydrogen (secondary N) is 1. The standard InChI is InChI=1S/C25H24N6OS/c1-18-16-23(30-11-13-31(14-12-30)25-26-9-3-10-27-25)29-22-7-5-19(17-21(18)22)28-24(32)8-6-20-4-2-15-33-20/h2-10,15-17H,11-14H2,1H3,(H,28,32)/b8-6-. The largest absolute Gasteiger partial charge is 0.353 e. The van der Waals surface area contributed by atoms with Gasteiger partial charge in [0.05, 0.1) is 5.52 Å². The Bertz CT molecular complexity index is 1280. The van der Waals surface area contributed by atoms with Crippen LogP contribution < -0.4 is 15.1 Å². The fourth-order valence-electron chi connectivity index (χ4n) is 3.93. The van der Waals surface area contributed by atoms with Crippen molar-refractivity contribution >= 4 is 51.7 Å². The third-order valence-electron chi connectivity index (χ3n) is 5.65. The van der Waals surface area contributed by atoms with Crippen LogP contribution in [0.2, 0.25) is 0 Å². The van der Waals surface area contributed by atoms with Crippen LogP contribution in [0.1, 0.15) is 10.4 Å². The summed E-state index contributed by atoms with van der Waals surface area (Å²) in [7, 11) is 0. The molecule has 0 unspecified atom stereocenters. The Morgan fingerprint density at radius 3 is 2.58 bits per heavy atom. The van der Waals surface area contributed by atoms with E-state index in [-0.39, 0.29) is 5.91 Å². The summed E-state index contributed by atoms with van der Waals surface area (Å²) in [6, 6.07) is 13.8. The molecule has 0 saturated carbocycles. The molecule has 0 bridgehead atoms. The molecule has 5 rings (SSSR count). The molecule has 0 spiro atoms. The minimum absolute atomic E-state index is 0.148. The topological polar surface area (TPSA) is 74.2 Å². The maximum Gasteiger partial charge on any atom is 0.248 e. The van der Waals surface area contributed by atoms with E-state index in [1.807, 2.05) is 47.9 Å². The van der Waals surface area contributed by atoms with Crippen molar-refractivity contribution in [2.24, 2.45) is 0 Å². The van der Waals surface area contributed by atoms with Gasteiger partial charge in [-0.15, -0.1) is 11.3 Å². The van der Waals surface area contributed by atoms with E-state index in [2.05, 4.69) is 38.1 Å². The van der Waals surface area contributed by atoms with E-state index in [9.17, 15) is 4.79 Å². The molecule has 7 nitrogen and oxygen atoms in total. The van der Waals surface area contributed by atoms with Crippen LogP contribution in [0.15, 0.2) is 66.3 Å². The summed E-state index contributed by atoms with van der Waals surface area (Å²) in [6.07, 6.45) is 6.94. The number of pyridine rings is 1. The molecule has 1 saturated heterocycles. The highest BCUT2D eigenvalue weighted by molar-refractivity contribution is 7.10. The minimum Gasteiger partial charge on any atom is -0.353 e. The molecular weight excluding hydrogens is 432 g/mol. The highest BCUT2D eigenvalue weighted by Crippen LogP contribution is 2.26. The molecule has 0 radical (unpaired) electrons. The first-order valence-electron chi connectivity index (χ1n) is 10.9. The number of hydrogen-bond acceptors (Lipinski definition) is 7. The molecule has 1 fully saturated rings. The maximum atomic E-state index is 12.3. The predicted octanol–water partition coefficient (Wildman–Crippen LogP) is 4.37. The smallest absolute Gasteiger partial charge is 0.248 e. The lowest BCUT2D eigenvalue weighted by molar-refractivity contribution is -0.111. The van der Waals surface area contributed by atoms with Crippen molar-refractivity contribution in [1.82, 2.24) is 15.0 Å².